The first-order valence-electron chi connectivity index (χ1n) is 6.35. The highest BCUT2D eigenvalue weighted by molar-refractivity contribution is 6.00. The van der Waals surface area contributed by atoms with E-state index < -0.39 is 0 Å². The van der Waals surface area contributed by atoms with Crippen LogP contribution in [0.1, 0.15) is 24.1 Å². The van der Waals surface area contributed by atoms with E-state index in [1.54, 1.807) is 18.7 Å². The summed E-state index contributed by atoms with van der Waals surface area (Å²) in [4.78, 5) is 0. The van der Waals surface area contributed by atoms with Gasteiger partial charge in [0.1, 0.15) is 5.56 Å². The summed E-state index contributed by atoms with van der Waals surface area (Å²) in [6.07, 6.45) is 1.99. The molecular formula is C12H20N4O3. The molecule has 0 amide bonds. The van der Waals surface area contributed by atoms with Crippen molar-refractivity contribution in [2.45, 2.75) is 19.8 Å². The molecule has 19 heavy (non-hydrogen) atoms. The first-order chi connectivity index (χ1) is 9.13. The standard InChI is InChI=1S/C12H20N4O3/c1-8-10(11(13)15-17)12(16(2)14-8)19-7-9-3-5-18-6-4-9/h9,17H,3-7H2,1-2H3,(H2,13,15). The van der Waals surface area contributed by atoms with Gasteiger partial charge in [0.05, 0.1) is 12.3 Å². The molecule has 0 unspecified atom stereocenters. The Balaban J connectivity index is 2.10. The van der Waals surface area contributed by atoms with Gasteiger partial charge in [0.2, 0.25) is 5.88 Å². The summed E-state index contributed by atoms with van der Waals surface area (Å²) in [5.74, 6) is 1.04. The van der Waals surface area contributed by atoms with Crippen molar-refractivity contribution in [1.29, 1.82) is 0 Å². The van der Waals surface area contributed by atoms with Crippen LogP contribution in [-0.4, -0.2) is 40.6 Å². The molecule has 1 aromatic rings. The summed E-state index contributed by atoms with van der Waals surface area (Å²) in [5, 5.41) is 16.1. The second kappa shape index (κ2) is 5.92. The summed E-state index contributed by atoms with van der Waals surface area (Å²) in [7, 11) is 1.78. The van der Waals surface area contributed by atoms with Gasteiger partial charge >= 0.3 is 0 Å². The Hall–Kier alpha value is -1.76. The summed E-state index contributed by atoms with van der Waals surface area (Å²) in [6.45, 7) is 3.96. The van der Waals surface area contributed by atoms with Gasteiger partial charge in [0.15, 0.2) is 5.84 Å². The normalized spacial score (nSPS) is 17.7. The van der Waals surface area contributed by atoms with E-state index in [9.17, 15) is 0 Å². The molecule has 1 aromatic heterocycles. The lowest BCUT2D eigenvalue weighted by atomic mass is 10.0. The van der Waals surface area contributed by atoms with Crippen LogP contribution in [0.25, 0.3) is 0 Å². The molecule has 2 heterocycles. The van der Waals surface area contributed by atoms with Gasteiger partial charge in [-0.05, 0) is 25.7 Å². The molecule has 106 valence electrons. The second-order valence-electron chi connectivity index (χ2n) is 4.74. The van der Waals surface area contributed by atoms with Crippen molar-refractivity contribution in [2.24, 2.45) is 23.9 Å². The Labute approximate surface area is 112 Å². The number of nitrogens with zero attached hydrogens (tertiary/aromatic N) is 3. The SMILES string of the molecule is Cc1nn(C)c(OCC2CCOCC2)c1C(N)=NO. The van der Waals surface area contributed by atoms with Crippen LogP contribution in [0.2, 0.25) is 0 Å². The Morgan fingerprint density at radius 3 is 2.89 bits per heavy atom. The van der Waals surface area contributed by atoms with Crippen molar-refractivity contribution in [3.8, 4) is 5.88 Å². The third kappa shape index (κ3) is 2.98. The lowest BCUT2D eigenvalue weighted by Crippen LogP contribution is -2.23. The Bertz CT molecular complexity index is 464. The molecule has 1 fully saturated rings. The number of oxime groups is 1. The molecule has 0 bridgehead atoms. The average molecular weight is 268 g/mol. The van der Waals surface area contributed by atoms with Crippen molar-refractivity contribution >= 4 is 5.84 Å². The maximum absolute atomic E-state index is 8.82. The molecule has 0 atom stereocenters. The Morgan fingerprint density at radius 2 is 2.26 bits per heavy atom. The van der Waals surface area contributed by atoms with E-state index >= 15 is 0 Å². The average Bonchev–Trinajstić information content (AvgIpc) is 2.71. The highest BCUT2D eigenvalue weighted by atomic mass is 16.5. The molecule has 1 aliphatic heterocycles. The minimum Gasteiger partial charge on any atom is -0.477 e. The van der Waals surface area contributed by atoms with E-state index in [1.807, 2.05) is 0 Å². The second-order valence-corrected chi connectivity index (χ2v) is 4.74. The van der Waals surface area contributed by atoms with Crippen LogP contribution >= 0.6 is 0 Å². The molecule has 0 spiro atoms. The lowest BCUT2D eigenvalue weighted by Gasteiger charge is -2.22. The fourth-order valence-electron chi connectivity index (χ4n) is 2.26. The van der Waals surface area contributed by atoms with E-state index in [1.165, 1.54) is 0 Å². The third-order valence-corrected chi connectivity index (χ3v) is 3.33. The molecule has 7 nitrogen and oxygen atoms in total. The Morgan fingerprint density at radius 1 is 1.58 bits per heavy atom. The molecule has 0 aliphatic carbocycles. The zero-order valence-corrected chi connectivity index (χ0v) is 11.3. The van der Waals surface area contributed by atoms with E-state index in [0.29, 0.717) is 29.7 Å². The summed E-state index contributed by atoms with van der Waals surface area (Å²) >= 11 is 0. The maximum atomic E-state index is 8.82. The fourth-order valence-corrected chi connectivity index (χ4v) is 2.26. The smallest absolute Gasteiger partial charge is 0.223 e. The predicted octanol–water partition coefficient (Wildman–Crippen LogP) is 0.628. The fraction of sp³-hybridized carbons (Fsp3) is 0.667. The highest BCUT2D eigenvalue weighted by Gasteiger charge is 2.21. The van der Waals surface area contributed by atoms with Gasteiger partial charge in [-0.3, -0.25) is 0 Å². The maximum Gasteiger partial charge on any atom is 0.223 e. The van der Waals surface area contributed by atoms with Gasteiger partial charge in [-0.15, -0.1) is 0 Å². The number of amidine groups is 1. The summed E-state index contributed by atoms with van der Waals surface area (Å²) < 4.78 is 12.8. The molecule has 0 aromatic carbocycles. The molecule has 1 saturated heterocycles. The van der Waals surface area contributed by atoms with E-state index in [0.717, 1.165) is 26.1 Å². The zero-order valence-electron chi connectivity index (χ0n) is 11.3. The van der Waals surface area contributed by atoms with E-state index in [4.69, 9.17) is 20.4 Å². The van der Waals surface area contributed by atoms with Gasteiger partial charge in [0, 0.05) is 20.3 Å². The monoisotopic (exact) mass is 268 g/mol. The van der Waals surface area contributed by atoms with Crippen molar-refractivity contribution in [2.75, 3.05) is 19.8 Å². The number of rotatable bonds is 4. The van der Waals surface area contributed by atoms with Crippen LogP contribution in [0.15, 0.2) is 5.16 Å². The van der Waals surface area contributed by atoms with Gasteiger partial charge in [-0.2, -0.15) is 5.10 Å². The molecule has 0 radical (unpaired) electrons. The minimum atomic E-state index is 0.0209. The number of ether oxygens (including phenoxy) is 2. The summed E-state index contributed by atoms with van der Waals surface area (Å²) in [6, 6.07) is 0. The van der Waals surface area contributed by atoms with Crippen LogP contribution in [-0.2, 0) is 11.8 Å². The molecule has 3 N–H and O–H groups in total. The summed E-state index contributed by atoms with van der Waals surface area (Å²) in [5.41, 5.74) is 6.90. The van der Waals surface area contributed by atoms with Crippen LogP contribution in [0.3, 0.4) is 0 Å². The zero-order chi connectivity index (χ0) is 13.8. The number of aryl methyl sites for hydroxylation is 2. The quantitative estimate of drug-likeness (QED) is 0.361. The predicted molar refractivity (Wildman–Crippen MR) is 69.5 cm³/mol. The van der Waals surface area contributed by atoms with E-state index in [2.05, 4.69) is 10.3 Å². The van der Waals surface area contributed by atoms with Gasteiger partial charge in [-0.1, -0.05) is 5.16 Å². The van der Waals surface area contributed by atoms with Crippen LogP contribution < -0.4 is 10.5 Å². The first-order valence-corrected chi connectivity index (χ1v) is 6.35. The Kier molecular flexibility index (Phi) is 4.26. The van der Waals surface area contributed by atoms with Crippen LogP contribution in [0.5, 0.6) is 5.88 Å². The van der Waals surface area contributed by atoms with Crippen molar-refractivity contribution < 1.29 is 14.7 Å². The third-order valence-electron chi connectivity index (χ3n) is 3.33. The topological polar surface area (TPSA) is 94.9 Å². The molecular weight excluding hydrogens is 248 g/mol. The highest BCUT2D eigenvalue weighted by Crippen LogP contribution is 2.23. The van der Waals surface area contributed by atoms with Gasteiger partial charge < -0.3 is 20.4 Å². The molecule has 2 rings (SSSR count). The van der Waals surface area contributed by atoms with E-state index in [-0.39, 0.29) is 5.84 Å². The van der Waals surface area contributed by atoms with Crippen molar-refractivity contribution in [3.05, 3.63) is 11.3 Å². The molecule has 0 saturated carbocycles. The number of nitrogens with two attached hydrogens (primary N) is 1. The van der Waals surface area contributed by atoms with Gasteiger partial charge in [0.25, 0.3) is 0 Å². The lowest BCUT2D eigenvalue weighted by molar-refractivity contribution is 0.0483. The first kappa shape index (κ1) is 13.7. The number of aromatic nitrogens is 2. The van der Waals surface area contributed by atoms with Gasteiger partial charge in [-0.25, -0.2) is 4.68 Å². The molecule has 7 heteroatoms. The minimum absolute atomic E-state index is 0.0209. The molecule has 1 aliphatic rings. The van der Waals surface area contributed by atoms with Crippen LogP contribution in [0, 0.1) is 12.8 Å². The number of hydrogen-bond acceptors (Lipinski definition) is 5. The van der Waals surface area contributed by atoms with Crippen LogP contribution in [0.4, 0.5) is 0 Å². The number of hydrogen-bond donors (Lipinski definition) is 2. The van der Waals surface area contributed by atoms with Crippen molar-refractivity contribution in [1.82, 2.24) is 9.78 Å². The largest absolute Gasteiger partial charge is 0.477 e. The van der Waals surface area contributed by atoms with Crippen molar-refractivity contribution in [3.63, 3.8) is 0 Å².